The molecular formula is C10H22N2O. The molecule has 0 aromatic carbocycles. The highest BCUT2D eigenvalue weighted by Crippen LogP contribution is 2.08. The minimum absolute atomic E-state index is 0.305. The second-order valence-corrected chi connectivity index (χ2v) is 3.16. The largest absolute Gasteiger partial charge is 0.382 e. The molecule has 0 heterocycles. The maximum absolute atomic E-state index is 5.41. The van der Waals surface area contributed by atoms with Crippen LogP contribution in [0.4, 0.5) is 0 Å². The molecule has 0 amide bonds. The fraction of sp³-hybridized carbons (Fsp3) is 0.800. The topological polar surface area (TPSA) is 47.3 Å². The van der Waals surface area contributed by atoms with Crippen molar-refractivity contribution in [2.24, 2.45) is 5.84 Å². The summed E-state index contributed by atoms with van der Waals surface area (Å²) < 4.78 is 5.26. The van der Waals surface area contributed by atoms with E-state index in [1.807, 2.05) is 6.92 Å². The van der Waals surface area contributed by atoms with Gasteiger partial charge in [0.2, 0.25) is 0 Å². The van der Waals surface area contributed by atoms with E-state index in [2.05, 4.69) is 18.9 Å². The molecule has 0 aromatic heterocycles. The van der Waals surface area contributed by atoms with Crippen molar-refractivity contribution < 1.29 is 4.74 Å². The van der Waals surface area contributed by atoms with Gasteiger partial charge >= 0.3 is 0 Å². The maximum Gasteiger partial charge on any atom is 0.0481 e. The molecule has 1 unspecified atom stereocenters. The molecule has 78 valence electrons. The van der Waals surface area contributed by atoms with Crippen LogP contribution in [0.15, 0.2) is 12.2 Å². The van der Waals surface area contributed by atoms with E-state index in [4.69, 9.17) is 10.6 Å². The quantitative estimate of drug-likeness (QED) is 0.262. The van der Waals surface area contributed by atoms with Crippen LogP contribution in [-0.2, 0) is 4.74 Å². The van der Waals surface area contributed by atoms with E-state index >= 15 is 0 Å². The number of hydrogen-bond donors (Lipinski definition) is 2. The fourth-order valence-electron chi connectivity index (χ4n) is 1.11. The van der Waals surface area contributed by atoms with Crippen LogP contribution in [0.1, 0.15) is 33.1 Å². The lowest BCUT2D eigenvalue weighted by Crippen LogP contribution is -2.36. The van der Waals surface area contributed by atoms with Gasteiger partial charge in [-0.25, -0.2) is 0 Å². The molecule has 3 N–H and O–H groups in total. The summed E-state index contributed by atoms with van der Waals surface area (Å²) >= 11 is 0. The summed E-state index contributed by atoms with van der Waals surface area (Å²) in [6, 6.07) is 0.305. The molecule has 3 nitrogen and oxygen atoms in total. The average molecular weight is 186 g/mol. The summed E-state index contributed by atoms with van der Waals surface area (Å²) in [5, 5.41) is 0. The highest BCUT2D eigenvalue weighted by atomic mass is 16.5. The molecular weight excluding hydrogens is 164 g/mol. The second kappa shape index (κ2) is 8.23. The molecule has 0 fully saturated rings. The number of nitrogens with two attached hydrogens (primary N) is 1. The third-order valence-electron chi connectivity index (χ3n) is 2.09. The first-order valence-corrected chi connectivity index (χ1v) is 4.95. The van der Waals surface area contributed by atoms with E-state index in [-0.39, 0.29) is 0 Å². The third-order valence-corrected chi connectivity index (χ3v) is 2.09. The Balaban J connectivity index is 3.56. The Morgan fingerprint density at radius 2 is 2.23 bits per heavy atom. The highest BCUT2D eigenvalue weighted by molar-refractivity contribution is 4.95. The Kier molecular flexibility index (Phi) is 7.99. The van der Waals surface area contributed by atoms with Crippen molar-refractivity contribution in [3.8, 4) is 0 Å². The van der Waals surface area contributed by atoms with Crippen LogP contribution in [-0.4, -0.2) is 19.3 Å². The van der Waals surface area contributed by atoms with Gasteiger partial charge in [-0.2, -0.15) is 0 Å². The molecule has 1 atom stereocenters. The molecule has 0 saturated carbocycles. The maximum atomic E-state index is 5.41. The zero-order valence-corrected chi connectivity index (χ0v) is 8.81. The lowest BCUT2D eigenvalue weighted by atomic mass is 10.0. The lowest BCUT2D eigenvalue weighted by molar-refractivity contribution is 0.136. The van der Waals surface area contributed by atoms with Gasteiger partial charge in [-0.15, -0.1) is 0 Å². The molecule has 0 aromatic rings. The van der Waals surface area contributed by atoms with Crippen LogP contribution >= 0.6 is 0 Å². The summed E-state index contributed by atoms with van der Waals surface area (Å²) in [4.78, 5) is 0. The monoisotopic (exact) mass is 186 g/mol. The zero-order chi connectivity index (χ0) is 10.1. The normalized spacial score (nSPS) is 12.8. The van der Waals surface area contributed by atoms with Gasteiger partial charge in [-0.3, -0.25) is 11.3 Å². The van der Waals surface area contributed by atoms with Gasteiger partial charge in [-0.05, 0) is 26.2 Å². The highest BCUT2D eigenvalue weighted by Gasteiger charge is 2.06. The molecule has 13 heavy (non-hydrogen) atoms. The van der Waals surface area contributed by atoms with Gasteiger partial charge in [0.25, 0.3) is 0 Å². The molecule has 0 rings (SSSR count). The van der Waals surface area contributed by atoms with Crippen LogP contribution < -0.4 is 11.3 Å². The average Bonchev–Trinajstić information content (AvgIpc) is 2.16. The molecule has 0 spiro atoms. The SMILES string of the molecule is C=C(CC)CC(CCOCC)NN. The molecule has 0 bridgehead atoms. The van der Waals surface area contributed by atoms with Crippen molar-refractivity contribution in [3.05, 3.63) is 12.2 Å². The van der Waals surface area contributed by atoms with Crippen molar-refractivity contribution >= 4 is 0 Å². The summed E-state index contributed by atoms with van der Waals surface area (Å²) in [5.74, 6) is 5.41. The van der Waals surface area contributed by atoms with Gasteiger partial charge in [0.15, 0.2) is 0 Å². The van der Waals surface area contributed by atoms with Crippen molar-refractivity contribution in [3.63, 3.8) is 0 Å². The summed E-state index contributed by atoms with van der Waals surface area (Å²) in [5.41, 5.74) is 4.02. The first-order chi connectivity index (χ1) is 6.24. The van der Waals surface area contributed by atoms with Crippen LogP contribution in [0.25, 0.3) is 0 Å². The van der Waals surface area contributed by atoms with Gasteiger partial charge in [0.1, 0.15) is 0 Å². The van der Waals surface area contributed by atoms with Crippen LogP contribution in [0.5, 0.6) is 0 Å². The predicted octanol–water partition coefficient (Wildman–Crippen LogP) is 1.60. The fourth-order valence-corrected chi connectivity index (χ4v) is 1.11. The zero-order valence-electron chi connectivity index (χ0n) is 8.81. The number of ether oxygens (including phenoxy) is 1. The van der Waals surface area contributed by atoms with Gasteiger partial charge in [-0.1, -0.05) is 19.1 Å². The molecule has 0 radical (unpaired) electrons. The number of hydrazine groups is 1. The van der Waals surface area contributed by atoms with Crippen molar-refractivity contribution in [2.75, 3.05) is 13.2 Å². The standard InChI is InChI=1S/C10H22N2O/c1-4-9(3)8-10(12-11)6-7-13-5-2/h10,12H,3-8,11H2,1-2H3. The predicted molar refractivity (Wildman–Crippen MR) is 56.3 cm³/mol. The van der Waals surface area contributed by atoms with E-state index in [1.54, 1.807) is 0 Å². The minimum Gasteiger partial charge on any atom is -0.382 e. The van der Waals surface area contributed by atoms with E-state index in [1.165, 1.54) is 5.57 Å². The Morgan fingerprint density at radius 1 is 1.54 bits per heavy atom. The molecule has 0 aliphatic heterocycles. The second-order valence-electron chi connectivity index (χ2n) is 3.16. The molecule has 3 heteroatoms. The van der Waals surface area contributed by atoms with E-state index in [0.29, 0.717) is 6.04 Å². The summed E-state index contributed by atoms with van der Waals surface area (Å²) in [6.45, 7) is 9.59. The molecule has 0 saturated heterocycles. The first kappa shape index (κ1) is 12.6. The van der Waals surface area contributed by atoms with Crippen molar-refractivity contribution in [2.45, 2.75) is 39.2 Å². The van der Waals surface area contributed by atoms with E-state index in [0.717, 1.165) is 32.5 Å². The van der Waals surface area contributed by atoms with Crippen molar-refractivity contribution in [1.29, 1.82) is 0 Å². The Morgan fingerprint density at radius 3 is 2.69 bits per heavy atom. The van der Waals surface area contributed by atoms with Crippen LogP contribution in [0, 0.1) is 0 Å². The number of rotatable bonds is 8. The van der Waals surface area contributed by atoms with Crippen LogP contribution in [0.2, 0.25) is 0 Å². The van der Waals surface area contributed by atoms with Gasteiger partial charge in [0.05, 0.1) is 0 Å². The van der Waals surface area contributed by atoms with Crippen molar-refractivity contribution in [1.82, 2.24) is 5.43 Å². The molecule has 0 aliphatic carbocycles. The smallest absolute Gasteiger partial charge is 0.0481 e. The Labute approximate surface area is 81.3 Å². The first-order valence-electron chi connectivity index (χ1n) is 4.95. The Bertz CT molecular complexity index is 137. The Hall–Kier alpha value is -0.380. The number of nitrogens with one attached hydrogen (secondary N) is 1. The molecule has 0 aliphatic rings. The van der Waals surface area contributed by atoms with Crippen LogP contribution in [0.3, 0.4) is 0 Å². The lowest BCUT2D eigenvalue weighted by Gasteiger charge is -2.16. The van der Waals surface area contributed by atoms with Gasteiger partial charge < -0.3 is 4.74 Å². The van der Waals surface area contributed by atoms with E-state index < -0.39 is 0 Å². The minimum atomic E-state index is 0.305. The van der Waals surface area contributed by atoms with E-state index in [9.17, 15) is 0 Å². The summed E-state index contributed by atoms with van der Waals surface area (Å²) in [6.07, 6.45) is 2.91. The van der Waals surface area contributed by atoms with Gasteiger partial charge in [0, 0.05) is 19.3 Å². The third kappa shape index (κ3) is 6.75. The summed E-state index contributed by atoms with van der Waals surface area (Å²) in [7, 11) is 0. The number of hydrogen-bond acceptors (Lipinski definition) is 3.